The highest BCUT2D eigenvalue weighted by Crippen LogP contribution is 2.23. The Balaban J connectivity index is 2.07. The van der Waals surface area contributed by atoms with E-state index in [0.29, 0.717) is 22.8 Å². The second-order valence-corrected chi connectivity index (χ2v) is 7.31. The quantitative estimate of drug-likeness (QED) is 0.899. The molecule has 1 N–H and O–H groups in total. The van der Waals surface area contributed by atoms with Crippen LogP contribution in [-0.2, 0) is 4.79 Å². The number of benzene rings is 1. The third-order valence-electron chi connectivity index (χ3n) is 3.80. The second-order valence-electron chi connectivity index (χ2n) is 7.31. The molecular weight excluding hydrogens is 323 g/mol. The molecule has 0 aliphatic rings. The van der Waals surface area contributed by atoms with E-state index >= 15 is 0 Å². The Morgan fingerprint density at radius 1 is 1.40 bits per heavy atom. The van der Waals surface area contributed by atoms with Gasteiger partial charge in [-0.3, -0.25) is 9.69 Å². The van der Waals surface area contributed by atoms with E-state index in [1.54, 1.807) is 19.1 Å². The van der Waals surface area contributed by atoms with Gasteiger partial charge in [-0.05, 0) is 53.3 Å². The van der Waals surface area contributed by atoms with Crippen molar-refractivity contribution in [1.29, 1.82) is 0 Å². The molecule has 2 aromatic rings. The molecule has 0 radical (unpaired) electrons. The topological polar surface area (TPSA) is 71.3 Å². The summed E-state index contributed by atoms with van der Waals surface area (Å²) in [4.78, 5) is 18.2. The summed E-state index contributed by atoms with van der Waals surface area (Å²) in [6, 6.07) is 4.56. The van der Waals surface area contributed by atoms with Gasteiger partial charge in [0, 0.05) is 11.1 Å². The predicted molar refractivity (Wildman–Crippen MR) is 93.4 cm³/mol. The van der Waals surface area contributed by atoms with Crippen LogP contribution in [0.25, 0.3) is 11.4 Å². The van der Waals surface area contributed by atoms with Crippen molar-refractivity contribution in [3.8, 4) is 11.4 Å². The first-order valence-corrected chi connectivity index (χ1v) is 8.18. The molecule has 1 aromatic heterocycles. The smallest absolute Gasteiger partial charge is 0.244 e. The molecule has 6 nitrogen and oxygen atoms in total. The van der Waals surface area contributed by atoms with Crippen LogP contribution in [0.15, 0.2) is 22.7 Å². The highest BCUT2D eigenvalue weighted by molar-refractivity contribution is 5.78. The Labute approximate surface area is 147 Å². The second kappa shape index (κ2) is 7.31. The summed E-state index contributed by atoms with van der Waals surface area (Å²) in [6.07, 6.45) is 0. The Kier molecular flexibility index (Phi) is 5.57. The molecule has 0 saturated carbocycles. The molecule has 0 spiro atoms. The lowest BCUT2D eigenvalue weighted by Gasteiger charge is -2.25. The van der Waals surface area contributed by atoms with E-state index in [1.807, 2.05) is 39.6 Å². The SMILES string of the molecule is Cc1ccc(-c2noc([C@@H](C)N(C)CC(=O)NC(C)(C)C)n2)cc1F. The number of aryl methyl sites for hydroxylation is 1. The molecule has 1 aromatic carbocycles. The number of nitrogens with one attached hydrogen (secondary N) is 1. The molecule has 25 heavy (non-hydrogen) atoms. The largest absolute Gasteiger partial charge is 0.350 e. The van der Waals surface area contributed by atoms with Crippen molar-refractivity contribution in [2.75, 3.05) is 13.6 Å². The van der Waals surface area contributed by atoms with Crippen LogP contribution in [0.2, 0.25) is 0 Å². The molecule has 136 valence electrons. The molecule has 0 fully saturated rings. The summed E-state index contributed by atoms with van der Waals surface area (Å²) < 4.78 is 19.0. The predicted octanol–water partition coefficient (Wildman–Crippen LogP) is 3.09. The van der Waals surface area contributed by atoms with Crippen LogP contribution < -0.4 is 5.32 Å². The van der Waals surface area contributed by atoms with Crippen LogP contribution in [0.5, 0.6) is 0 Å². The minimum Gasteiger partial charge on any atom is -0.350 e. The van der Waals surface area contributed by atoms with Gasteiger partial charge < -0.3 is 9.84 Å². The first kappa shape index (κ1) is 19.1. The fraction of sp³-hybridized carbons (Fsp3) is 0.500. The van der Waals surface area contributed by atoms with Crippen LogP contribution in [-0.4, -0.2) is 40.1 Å². The maximum atomic E-state index is 13.7. The lowest BCUT2D eigenvalue weighted by molar-refractivity contribution is -0.123. The highest BCUT2D eigenvalue weighted by atomic mass is 19.1. The molecule has 1 heterocycles. The minimum absolute atomic E-state index is 0.0813. The third kappa shape index (κ3) is 5.09. The number of aromatic nitrogens is 2. The summed E-state index contributed by atoms with van der Waals surface area (Å²) in [6.45, 7) is 9.56. The van der Waals surface area contributed by atoms with E-state index in [0.717, 1.165) is 0 Å². The van der Waals surface area contributed by atoms with Gasteiger partial charge in [-0.15, -0.1) is 0 Å². The number of halogens is 1. The Morgan fingerprint density at radius 3 is 2.68 bits per heavy atom. The number of carbonyl (C=O) groups excluding carboxylic acids is 1. The number of rotatable bonds is 5. The van der Waals surface area contributed by atoms with E-state index in [1.165, 1.54) is 6.07 Å². The maximum absolute atomic E-state index is 13.7. The molecule has 0 saturated heterocycles. The van der Waals surface area contributed by atoms with Crippen molar-refractivity contribution >= 4 is 5.91 Å². The number of likely N-dealkylation sites (N-methyl/N-ethyl adjacent to an activating group) is 1. The van der Waals surface area contributed by atoms with Crippen molar-refractivity contribution in [3.63, 3.8) is 0 Å². The number of nitrogens with zero attached hydrogens (tertiary/aromatic N) is 3. The summed E-state index contributed by atoms with van der Waals surface area (Å²) in [7, 11) is 1.81. The van der Waals surface area contributed by atoms with Crippen molar-refractivity contribution in [2.24, 2.45) is 0 Å². The number of hydrogen-bond acceptors (Lipinski definition) is 5. The molecular formula is C18H25FN4O2. The molecule has 0 unspecified atom stereocenters. The zero-order chi connectivity index (χ0) is 18.8. The molecule has 0 aliphatic carbocycles. The van der Waals surface area contributed by atoms with Crippen molar-refractivity contribution < 1.29 is 13.7 Å². The van der Waals surface area contributed by atoms with Gasteiger partial charge in [0.1, 0.15) is 5.82 Å². The average molecular weight is 348 g/mol. The average Bonchev–Trinajstić information content (AvgIpc) is 2.97. The van der Waals surface area contributed by atoms with Crippen LogP contribution in [0, 0.1) is 12.7 Å². The summed E-state index contributed by atoms with van der Waals surface area (Å²) in [5.74, 6) is 0.311. The molecule has 7 heteroatoms. The number of hydrogen-bond donors (Lipinski definition) is 1. The first-order chi connectivity index (χ1) is 11.6. The van der Waals surface area contributed by atoms with Gasteiger partial charge in [-0.2, -0.15) is 4.98 Å². The lowest BCUT2D eigenvalue weighted by atomic mass is 10.1. The molecule has 0 aliphatic heterocycles. The van der Waals surface area contributed by atoms with Gasteiger partial charge >= 0.3 is 0 Å². The van der Waals surface area contributed by atoms with Crippen LogP contribution in [0.3, 0.4) is 0 Å². The minimum atomic E-state index is -0.312. The van der Waals surface area contributed by atoms with E-state index in [-0.39, 0.29) is 29.8 Å². The van der Waals surface area contributed by atoms with Crippen molar-refractivity contribution in [1.82, 2.24) is 20.4 Å². The zero-order valence-corrected chi connectivity index (χ0v) is 15.6. The fourth-order valence-electron chi connectivity index (χ4n) is 2.26. The van der Waals surface area contributed by atoms with E-state index < -0.39 is 0 Å². The fourth-order valence-corrected chi connectivity index (χ4v) is 2.26. The normalized spacial score (nSPS) is 13.1. The van der Waals surface area contributed by atoms with Gasteiger partial charge in [-0.25, -0.2) is 4.39 Å². The molecule has 1 amide bonds. The van der Waals surface area contributed by atoms with Crippen LogP contribution >= 0.6 is 0 Å². The van der Waals surface area contributed by atoms with Crippen molar-refractivity contribution in [3.05, 3.63) is 35.5 Å². The van der Waals surface area contributed by atoms with Gasteiger partial charge in [-0.1, -0.05) is 17.3 Å². The zero-order valence-electron chi connectivity index (χ0n) is 15.6. The van der Waals surface area contributed by atoms with Gasteiger partial charge in [0.15, 0.2) is 0 Å². The lowest BCUT2D eigenvalue weighted by Crippen LogP contribution is -2.45. The summed E-state index contributed by atoms with van der Waals surface area (Å²) in [5, 5.41) is 6.83. The number of amides is 1. The molecule has 1 atom stereocenters. The highest BCUT2D eigenvalue weighted by Gasteiger charge is 2.23. The summed E-state index contributed by atoms with van der Waals surface area (Å²) >= 11 is 0. The Morgan fingerprint density at radius 2 is 2.08 bits per heavy atom. The summed E-state index contributed by atoms with van der Waals surface area (Å²) in [5.41, 5.74) is 0.831. The van der Waals surface area contributed by atoms with E-state index in [4.69, 9.17) is 4.52 Å². The van der Waals surface area contributed by atoms with Gasteiger partial charge in [0.05, 0.1) is 12.6 Å². The monoisotopic (exact) mass is 348 g/mol. The van der Waals surface area contributed by atoms with Crippen LogP contribution in [0.4, 0.5) is 4.39 Å². The molecule has 0 bridgehead atoms. The Bertz CT molecular complexity index is 752. The van der Waals surface area contributed by atoms with Gasteiger partial charge in [0.25, 0.3) is 0 Å². The standard InChI is InChI=1S/C18H25FN4O2/c1-11-7-8-13(9-14(11)19)16-20-17(25-22-16)12(2)23(6)10-15(24)21-18(3,4)5/h7-9,12H,10H2,1-6H3,(H,21,24)/t12-/m1/s1. The Hall–Kier alpha value is -2.28. The van der Waals surface area contributed by atoms with Crippen LogP contribution in [0.1, 0.15) is 45.2 Å². The first-order valence-electron chi connectivity index (χ1n) is 8.18. The van der Waals surface area contributed by atoms with Gasteiger partial charge in [0.2, 0.25) is 17.6 Å². The molecule has 2 rings (SSSR count). The van der Waals surface area contributed by atoms with E-state index in [2.05, 4.69) is 15.5 Å². The van der Waals surface area contributed by atoms with Crippen molar-refractivity contribution in [2.45, 2.75) is 46.2 Å². The number of carbonyl (C=O) groups is 1. The third-order valence-corrected chi connectivity index (χ3v) is 3.80. The van der Waals surface area contributed by atoms with E-state index in [9.17, 15) is 9.18 Å². The maximum Gasteiger partial charge on any atom is 0.244 e.